The summed E-state index contributed by atoms with van der Waals surface area (Å²) in [5.41, 5.74) is 8.33. The minimum Gasteiger partial charge on any atom is -0.390 e. The molecule has 0 radical (unpaired) electrons. The van der Waals surface area contributed by atoms with Gasteiger partial charge in [0.15, 0.2) is 0 Å². The Morgan fingerprint density at radius 3 is 2.83 bits per heavy atom. The number of piperidine rings is 1. The lowest BCUT2D eigenvalue weighted by molar-refractivity contribution is 0.0950. The van der Waals surface area contributed by atoms with Crippen molar-refractivity contribution in [1.82, 2.24) is 5.32 Å². The topological polar surface area (TPSA) is 58.4 Å². The summed E-state index contributed by atoms with van der Waals surface area (Å²) in [5, 5.41) is 4.54. The molecule has 1 aromatic carbocycles. The quantitative estimate of drug-likeness (QED) is 0.909. The Bertz CT molecular complexity index is 765. The molecule has 2 bridgehead atoms. The van der Waals surface area contributed by atoms with Crippen LogP contribution < -0.4 is 16.0 Å². The van der Waals surface area contributed by atoms with Gasteiger partial charge in [0.1, 0.15) is 10.8 Å². The van der Waals surface area contributed by atoms with Crippen molar-refractivity contribution in [2.45, 2.75) is 25.3 Å². The van der Waals surface area contributed by atoms with Crippen LogP contribution in [0.1, 0.15) is 40.2 Å². The SMILES string of the molecule is Nc1sc2c(c1C(=O)NCc1ccccc1F)C1CCN2CC1. The Morgan fingerprint density at radius 2 is 2.09 bits per heavy atom. The summed E-state index contributed by atoms with van der Waals surface area (Å²) in [7, 11) is 0. The largest absolute Gasteiger partial charge is 0.390 e. The molecule has 1 fully saturated rings. The number of nitrogen functional groups attached to an aromatic ring is 1. The van der Waals surface area contributed by atoms with Crippen LogP contribution in [0.3, 0.4) is 0 Å². The number of thiophene rings is 1. The first kappa shape index (κ1) is 14.5. The zero-order chi connectivity index (χ0) is 16.0. The summed E-state index contributed by atoms with van der Waals surface area (Å²) in [6.07, 6.45) is 2.16. The predicted molar refractivity (Wildman–Crippen MR) is 90.5 cm³/mol. The molecule has 23 heavy (non-hydrogen) atoms. The van der Waals surface area contributed by atoms with E-state index in [1.54, 1.807) is 18.2 Å². The fraction of sp³-hybridized carbons (Fsp3) is 0.353. The maximum absolute atomic E-state index is 13.7. The van der Waals surface area contributed by atoms with Crippen LogP contribution in [0.2, 0.25) is 0 Å². The first-order valence-electron chi connectivity index (χ1n) is 7.84. The van der Waals surface area contributed by atoms with Gasteiger partial charge in [-0.2, -0.15) is 0 Å². The van der Waals surface area contributed by atoms with Crippen molar-refractivity contribution >= 4 is 27.2 Å². The molecule has 120 valence electrons. The molecular weight excluding hydrogens is 313 g/mol. The van der Waals surface area contributed by atoms with Crippen LogP contribution in [0, 0.1) is 5.82 Å². The van der Waals surface area contributed by atoms with Crippen LogP contribution in [0.4, 0.5) is 14.4 Å². The maximum atomic E-state index is 13.7. The Morgan fingerprint density at radius 1 is 1.35 bits per heavy atom. The number of carbonyl (C=O) groups excluding carboxylic acids is 1. The molecule has 6 heteroatoms. The van der Waals surface area contributed by atoms with Crippen molar-refractivity contribution < 1.29 is 9.18 Å². The fourth-order valence-corrected chi connectivity index (χ4v) is 4.78. The molecule has 1 aromatic heterocycles. The summed E-state index contributed by atoms with van der Waals surface area (Å²) in [5.74, 6) is -0.0759. The lowest BCUT2D eigenvalue weighted by atomic mass is 9.84. The number of hydrogen-bond donors (Lipinski definition) is 2. The van der Waals surface area contributed by atoms with Crippen LogP contribution >= 0.6 is 11.3 Å². The molecule has 3 N–H and O–H groups in total. The lowest BCUT2D eigenvalue weighted by Gasteiger charge is -2.40. The number of hydrogen-bond acceptors (Lipinski definition) is 4. The van der Waals surface area contributed by atoms with Gasteiger partial charge in [0.25, 0.3) is 5.91 Å². The minimum absolute atomic E-state index is 0.171. The zero-order valence-corrected chi connectivity index (χ0v) is 13.5. The van der Waals surface area contributed by atoms with Gasteiger partial charge in [-0.1, -0.05) is 18.2 Å². The van der Waals surface area contributed by atoms with E-state index in [1.165, 1.54) is 17.4 Å². The molecule has 1 saturated heterocycles. The summed E-state index contributed by atoms with van der Waals surface area (Å²) in [6.45, 7) is 2.27. The smallest absolute Gasteiger partial charge is 0.254 e. The van der Waals surface area contributed by atoms with Gasteiger partial charge in [-0.3, -0.25) is 4.79 Å². The second kappa shape index (κ2) is 5.53. The lowest BCUT2D eigenvalue weighted by Crippen LogP contribution is -2.38. The number of amides is 1. The van der Waals surface area contributed by atoms with E-state index in [4.69, 9.17) is 5.73 Å². The van der Waals surface area contributed by atoms with E-state index in [2.05, 4.69) is 10.2 Å². The summed E-state index contributed by atoms with van der Waals surface area (Å²) >= 11 is 1.50. The summed E-state index contributed by atoms with van der Waals surface area (Å²) in [6, 6.07) is 6.47. The van der Waals surface area contributed by atoms with Gasteiger partial charge >= 0.3 is 0 Å². The minimum atomic E-state index is -0.307. The molecule has 3 aliphatic rings. The van der Waals surface area contributed by atoms with E-state index >= 15 is 0 Å². The fourth-order valence-electron chi connectivity index (χ4n) is 3.57. The number of nitrogens with zero attached hydrogens (tertiary/aromatic N) is 1. The van der Waals surface area contributed by atoms with Crippen LogP contribution in [0.15, 0.2) is 24.3 Å². The van der Waals surface area contributed by atoms with Crippen molar-refractivity contribution in [2.24, 2.45) is 0 Å². The van der Waals surface area contributed by atoms with Gasteiger partial charge in [-0.25, -0.2) is 4.39 Å². The molecule has 0 aliphatic carbocycles. The molecule has 4 heterocycles. The van der Waals surface area contributed by atoms with E-state index in [0.29, 0.717) is 22.0 Å². The molecule has 3 aliphatic heterocycles. The molecule has 0 atom stereocenters. The van der Waals surface area contributed by atoms with E-state index < -0.39 is 0 Å². The Labute approximate surface area is 138 Å². The normalized spacial score (nSPS) is 16.5. The molecule has 5 rings (SSSR count). The van der Waals surface area contributed by atoms with Gasteiger partial charge < -0.3 is 16.0 Å². The van der Waals surface area contributed by atoms with Gasteiger partial charge in [0.05, 0.1) is 10.6 Å². The first-order valence-corrected chi connectivity index (χ1v) is 8.65. The molecular formula is C17H18FN3OS. The van der Waals surface area contributed by atoms with Crippen LogP contribution in [-0.2, 0) is 6.54 Å². The van der Waals surface area contributed by atoms with Crippen LogP contribution in [-0.4, -0.2) is 19.0 Å². The van der Waals surface area contributed by atoms with Crippen molar-refractivity contribution in [3.63, 3.8) is 0 Å². The molecule has 0 unspecified atom stereocenters. The van der Waals surface area contributed by atoms with Crippen molar-refractivity contribution in [2.75, 3.05) is 23.7 Å². The van der Waals surface area contributed by atoms with Crippen molar-refractivity contribution in [3.8, 4) is 0 Å². The van der Waals surface area contributed by atoms with Crippen LogP contribution in [0.25, 0.3) is 0 Å². The monoisotopic (exact) mass is 331 g/mol. The Balaban J connectivity index is 1.59. The van der Waals surface area contributed by atoms with Crippen molar-refractivity contribution in [3.05, 3.63) is 46.8 Å². The Hall–Kier alpha value is -2.08. The number of fused-ring (bicyclic) bond motifs is 2. The standard InChI is InChI=1S/C17H18FN3OS/c18-12-4-2-1-3-11(12)9-20-16(22)14-13-10-5-7-21(8-6-10)17(13)23-15(14)19/h1-4,10H,5-9,19H2,(H,20,22). The molecule has 0 saturated carbocycles. The number of anilines is 2. The average molecular weight is 331 g/mol. The highest BCUT2D eigenvalue weighted by molar-refractivity contribution is 7.20. The zero-order valence-electron chi connectivity index (χ0n) is 12.6. The number of nitrogens with two attached hydrogens (primary N) is 1. The van der Waals surface area contributed by atoms with Crippen molar-refractivity contribution in [1.29, 1.82) is 0 Å². The van der Waals surface area contributed by atoms with E-state index in [9.17, 15) is 9.18 Å². The maximum Gasteiger partial charge on any atom is 0.254 e. The molecule has 1 amide bonds. The molecule has 4 nitrogen and oxygen atoms in total. The summed E-state index contributed by atoms with van der Waals surface area (Å²) < 4.78 is 13.7. The second-order valence-electron chi connectivity index (χ2n) is 6.10. The predicted octanol–water partition coefficient (Wildman–Crippen LogP) is 3.10. The third kappa shape index (κ3) is 2.37. The van der Waals surface area contributed by atoms with Crippen LogP contribution in [0.5, 0.6) is 0 Å². The number of rotatable bonds is 3. The number of carbonyl (C=O) groups is 1. The third-order valence-electron chi connectivity index (χ3n) is 4.77. The van der Waals surface area contributed by atoms with Gasteiger partial charge in [-0.05, 0) is 24.8 Å². The van der Waals surface area contributed by atoms with Gasteiger partial charge in [0.2, 0.25) is 0 Å². The number of halogens is 1. The van der Waals surface area contributed by atoms with E-state index in [0.717, 1.165) is 36.5 Å². The third-order valence-corrected chi connectivity index (χ3v) is 5.86. The summed E-state index contributed by atoms with van der Waals surface area (Å²) in [4.78, 5) is 15.0. The number of nitrogens with one attached hydrogen (secondary N) is 1. The van der Waals surface area contributed by atoms with Gasteiger partial charge in [-0.15, -0.1) is 11.3 Å². The average Bonchev–Trinajstić information content (AvgIpc) is 2.94. The highest BCUT2D eigenvalue weighted by atomic mass is 32.1. The first-order chi connectivity index (χ1) is 11.1. The Kier molecular flexibility index (Phi) is 3.49. The highest BCUT2D eigenvalue weighted by Gasteiger charge is 2.37. The molecule has 0 spiro atoms. The second-order valence-corrected chi connectivity index (χ2v) is 7.13. The van der Waals surface area contributed by atoms with E-state index in [1.807, 2.05) is 0 Å². The van der Waals surface area contributed by atoms with Gasteiger partial charge in [0, 0.05) is 30.8 Å². The van der Waals surface area contributed by atoms with E-state index in [-0.39, 0.29) is 18.3 Å². The molecule has 2 aromatic rings. The highest BCUT2D eigenvalue weighted by Crippen LogP contribution is 2.50. The number of benzene rings is 1.